The number of hydrogen-bond donors (Lipinski definition) is 4. The first-order chi connectivity index (χ1) is 30.8. The first-order valence-electron chi connectivity index (χ1n) is 23.3. The Morgan fingerprint density at radius 3 is 2.14 bits per heavy atom. The third kappa shape index (κ3) is 17.9. The third-order valence-corrected chi connectivity index (χ3v) is 13.9. The van der Waals surface area contributed by atoms with Gasteiger partial charge in [-0.15, -0.1) is 5.10 Å². The van der Waals surface area contributed by atoms with Crippen LogP contribution in [0.2, 0.25) is 0 Å². The van der Waals surface area contributed by atoms with Crippen molar-refractivity contribution < 1.29 is 47.6 Å². The van der Waals surface area contributed by atoms with Gasteiger partial charge < -0.3 is 54.6 Å². The fraction of sp³-hybridized carbons (Fsp3) is 0.864. The van der Waals surface area contributed by atoms with E-state index >= 15 is 0 Å². The minimum atomic E-state index is -0.484. The van der Waals surface area contributed by atoms with E-state index in [0.29, 0.717) is 117 Å². The highest BCUT2D eigenvalue weighted by Gasteiger charge is 2.51. The van der Waals surface area contributed by atoms with Gasteiger partial charge in [0, 0.05) is 102 Å². The molecule has 5 amide bonds. The average Bonchev–Trinajstić information content (AvgIpc) is 3.88. The zero-order valence-electron chi connectivity index (χ0n) is 39.7. The number of hydrogen-bond acceptors (Lipinski definition) is 14. The molecule has 0 spiro atoms. The second-order valence-electron chi connectivity index (χ2n) is 18.1. The summed E-state index contributed by atoms with van der Waals surface area (Å²) in [4.78, 5) is 53.9. The van der Waals surface area contributed by atoms with Crippen LogP contribution in [0, 0.1) is 0 Å². The first-order valence-corrected chi connectivity index (χ1v) is 24.3. The van der Waals surface area contributed by atoms with E-state index < -0.39 is 12.2 Å². The third-order valence-electron chi connectivity index (χ3n) is 12.2. The molecule has 366 valence electrons. The van der Waals surface area contributed by atoms with Crippen molar-refractivity contribution in [2.75, 3.05) is 113 Å². The van der Waals surface area contributed by atoms with Gasteiger partial charge in [-0.05, 0) is 66.8 Å². The number of rotatable bonds is 31. The molecule has 1 aromatic heterocycles. The Labute approximate surface area is 385 Å². The molecule has 19 nitrogen and oxygen atoms in total. The van der Waals surface area contributed by atoms with Crippen LogP contribution in [0.4, 0.5) is 4.79 Å². The molecule has 4 N–H and O–H groups in total. The molecule has 0 aliphatic carbocycles. The topological polar surface area (TPSA) is 209 Å². The van der Waals surface area contributed by atoms with E-state index in [0.717, 1.165) is 49.4 Å². The van der Waals surface area contributed by atoms with Crippen molar-refractivity contribution in [2.45, 2.75) is 133 Å². The number of urea groups is 1. The summed E-state index contributed by atoms with van der Waals surface area (Å²) in [7, 11) is 5.31. The zero-order chi connectivity index (χ0) is 46.4. The van der Waals surface area contributed by atoms with E-state index in [9.17, 15) is 19.2 Å². The summed E-state index contributed by atoms with van der Waals surface area (Å²) in [5.74, 6) is 0.855. The van der Waals surface area contributed by atoms with Crippen molar-refractivity contribution in [3.05, 3.63) is 11.4 Å². The predicted molar refractivity (Wildman–Crippen MR) is 244 cm³/mol. The SMILES string of the molecule is CO[C@H]1CN(C(=O)CCCC(=O)NCCCOCCOCCOCCCNC(=O)CCCC[C@@H]2SC[C@]3(C)NC(=O)N[C@H]23)CCc2c(nnn2CCOCCN(C)C(C)(C)C)[C@@H]1OC. The fourth-order valence-corrected chi connectivity index (χ4v) is 9.65. The molecule has 0 bridgehead atoms. The van der Waals surface area contributed by atoms with Gasteiger partial charge in [-0.2, -0.15) is 11.8 Å². The quantitative estimate of drug-likeness (QED) is 0.0624. The van der Waals surface area contributed by atoms with Crippen molar-refractivity contribution in [3.63, 3.8) is 0 Å². The van der Waals surface area contributed by atoms with E-state index in [4.69, 9.17) is 28.4 Å². The number of fused-ring (bicyclic) bond motifs is 2. The summed E-state index contributed by atoms with van der Waals surface area (Å²) < 4.78 is 36.2. The van der Waals surface area contributed by atoms with Crippen LogP contribution < -0.4 is 21.3 Å². The predicted octanol–water partition coefficient (Wildman–Crippen LogP) is 2.46. The standard InChI is InChI=1S/C44H79N9O10S/c1-43(2,3)51(5)21-25-62-26-22-53-33-17-20-52(31-34(58-6)40(59-7)39(33)49-50-53)38(56)16-10-15-37(55)46-19-12-24-61-28-30-63-29-27-60-23-11-18-45-36(54)14-9-8-13-35-41-44(4,32-64-35)48-42(57)47-41/h34-35,40-41H,8-32H2,1-7H3,(H,45,54)(H,46,55)(H2,47,48,57)/t34-,35-,40+,41+,44-/m0/s1. The lowest BCUT2D eigenvalue weighted by molar-refractivity contribution is -0.135. The largest absolute Gasteiger partial charge is 0.379 e. The average molecular weight is 926 g/mol. The van der Waals surface area contributed by atoms with Gasteiger partial charge in [-0.25, -0.2) is 9.48 Å². The van der Waals surface area contributed by atoms with E-state index in [1.807, 2.05) is 16.4 Å². The molecular weight excluding hydrogens is 847 g/mol. The van der Waals surface area contributed by atoms with Crippen molar-refractivity contribution in [1.82, 2.24) is 46.1 Å². The molecule has 3 aliphatic heterocycles. The van der Waals surface area contributed by atoms with Crippen LogP contribution in [-0.2, 0) is 55.8 Å². The second-order valence-corrected chi connectivity index (χ2v) is 19.3. The number of nitrogens with zero attached hydrogens (tertiary/aromatic N) is 5. The number of ether oxygens (including phenoxy) is 6. The van der Waals surface area contributed by atoms with Crippen molar-refractivity contribution in [1.29, 1.82) is 0 Å². The van der Waals surface area contributed by atoms with E-state index in [1.165, 1.54) is 0 Å². The Bertz CT molecular complexity index is 1570. The van der Waals surface area contributed by atoms with Crippen LogP contribution in [0.15, 0.2) is 0 Å². The number of aromatic nitrogens is 3. The number of carbonyl (C=O) groups is 4. The van der Waals surface area contributed by atoms with Gasteiger partial charge in [0.15, 0.2) is 0 Å². The van der Waals surface area contributed by atoms with Crippen LogP contribution in [0.3, 0.4) is 0 Å². The minimum Gasteiger partial charge on any atom is -0.379 e. The monoisotopic (exact) mass is 926 g/mol. The number of likely N-dealkylation sites (N-methyl/N-ethyl adjacent to an activating group) is 1. The molecule has 1 aromatic rings. The summed E-state index contributed by atoms with van der Waals surface area (Å²) in [6.45, 7) is 15.9. The van der Waals surface area contributed by atoms with Crippen LogP contribution in [-0.4, -0.2) is 190 Å². The molecule has 2 fully saturated rings. The number of methoxy groups -OCH3 is 2. The maximum Gasteiger partial charge on any atom is 0.315 e. The summed E-state index contributed by atoms with van der Waals surface area (Å²) in [6, 6.07) is 0.0861. The Kier molecular flexibility index (Phi) is 23.5. The lowest BCUT2D eigenvalue weighted by Crippen LogP contribution is -2.47. The highest BCUT2D eigenvalue weighted by Crippen LogP contribution is 2.39. The molecule has 3 aliphatic rings. The van der Waals surface area contributed by atoms with Crippen LogP contribution >= 0.6 is 11.8 Å². The van der Waals surface area contributed by atoms with Gasteiger partial charge in [0.05, 0.1) is 63.5 Å². The summed E-state index contributed by atoms with van der Waals surface area (Å²) in [6.07, 6.45) is 5.31. The molecule has 2 saturated heterocycles. The number of thioether (sulfide) groups is 1. The molecule has 5 atom stereocenters. The molecule has 0 aromatic carbocycles. The maximum atomic E-state index is 13.4. The Hall–Kier alpha value is -3.11. The summed E-state index contributed by atoms with van der Waals surface area (Å²) in [5, 5.41) is 21.2. The lowest BCUT2D eigenvalue weighted by atomic mass is 9.92. The van der Waals surface area contributed by atoms with Crippen LogP contribution in [0.1, 0.15) is 103 Å². The number of unbranched alkanes of at least 4 members (excludes halogenated alkanes) is 1. The normalized spacial score (nSPS) is 22.1. The zero-order valence-corrected chi connectivity index (χ0v) is 40.5. The van der Waals surface area contributed by atoms with E-state index in [2.05, 4.69) is 71.2 Å². The fourth-order valence-electron chi connectivity index (χ4n) is 7.94. The Balaban J connectivity index is 0.950. The minimum absolute atomic E-state index is 0.0350. The number of amides is 5. The van der Waals surface area contributed by atoms with Gasteiger partial charge in [0.1, 0.15) is 17.9 Å². The van der Waals surface area contributed by atoms with Crippen molar-refractivity contribution >= 4 is 35.5 Å². The number of nitrogens with one attached hydrogen (secondary N) is 4. The molecule has 0 unspecified atom stereocenters. The Morgan fingerprint density at radius 2 is 1.50 bits per heavy atom. The van der Waals surface area contributed by atoms with Crippen molar-refractivity contribution in [2.24, 2.45) is 0 Å². The molecule has 20 heteroatoms. The second kappa shape index (κ2) is 28.2. The molecule has 4 heterocycles. The van der Waals surface area contributed by atoms with Crippen molar-refractivity contribution in [3.8, 4) is 0 Å². The molecule has 0 radical (unpaired) electrons. The number of carbonyl (C=O) groups excluding carboxylic acids is 4. The van der Waals surface area contributed by atoms with Gasteiger partial charge in [0.25, 0.3) is 0 Å². The first kappa shape index (κ1) is 53.5. The van der Waals surface area contributed by atoms with Gasteiger partial charge in [-0.1, -0.05) is 11.6 Å². The Morgan fingerprint density at radius 1 is 0.859 bits per heavy atom. The lowest BCUT2D eigenvalue weighted by Gasteiger charge is -2.33. The van der Waals surface area contributed by atoms with Crippen LogP contribution in [0.5, 0.6) is 0 Å². The summed E-state index contributed by atoms with van der Waals surface area (Å²) >= 11 is 1.90. The molecular formula is C44H79N9O10S. The van der Waals surface area contributed by atoms with Gasteiger partial charge in [-0.3, -0.25) is 19.3 Å². The maximum absolute atomic E-state index is 13.4. The molecule has 0 saturated carbocycles. The van der Waals surface area contributed by atoms with Crippen LogP contribution in [0.25, 0.3) is 0 Å². The van der Waals surface area contributed by atoms with E-state index in [1.54, 1.807) is 19.1 Å². The smallest absolute Gasteiger partial charge is 0.315 e. The van der Waals surface area contributed by atoms with Gasteiger partial charge in [0.2, 0.25) is 17.7 Å². The highest BCUT2D eigenvalue weighted by atomic mass is 32.2. The highest BCUT2D eigenvalue weighted by molar-refractivity contribution is 8.00. The molecule has 64 heavy (non-hydrogen) atoms. The molecule has 4 rings (SSSR count). The summed E-state index contributed by atoms with van der Waals surface area (Å²) in [5.41, 5.74) is 1.54. The van der Waals surface area contributed by atoms with E-state index in [-0.39, 0.29) is 53.7 Å². The van der Waals surface area contributed by atoms with Gasteiger partial charge >= 0.3 is 6.03 Å².